The Kier molecular flexibility index (Phi) is 3.67. The van der Waals surface area contributed by atoms with Gasteiger partial charge < -0.3 is 11.1 Å². The van der Waals surface area contributed by atoms with Gasteiger partial charge in [-0.05, 0) is 24.1 Å². The number of rotatable bonds is 5. The summed E-state index contributed by atoms with van der Waals surface area (Å²) in [7, 11) is 0. The highest BCUT2D eigenvalue weighted by molar-refractivity contribution is 5.74. The lowest BCUT2D eigenvalue weighted by Gasteiger charge is -2.01. The largest absolute Gasteiger partial charge is 0.370 e. The topological polar surface area (TPSA) is 72.2 Å². The van der Waals surface area contributed by atoms with Crippen molar-refractivity contribution in [1.29, 1.82) is 0 Å². The Bertz CT molecular complexity index is 319. The number of hydrogen-bond acceptors (Lipinski definition) is 2. The first-order valence-electron chi connectivity index (χ1n) is 4.30. The van der Waals surface area contributed by atoms with E-state index < -0.39 is 0 Å². The summed E-state index contributed by atoms with van der Waals surface area (Å²) in [6.45, 7) is 0. The molecule has 1 rings (SSSR count). The summed E-state index contributed by atoms with van der Waals surface area (Å²) in [6, 6.07) is 7.28. The maximum Gasteiger partial charge on any atom is 0.217 e. The van der Waals surface area contributed by atoms with Crippen LogP contribution in [0.1, 0.15) is 12.0 Å². The average Bonchev–Trinajstić information content (AvgIpc) is 2.17. The lowest BCUT2D eigenvalue weighted by molar-refractivity contribution is -0.118. The number of anilines is 1. The summed E-state index contributed by atoms with van der Waals surface area (Å²) in [5.41, 5.74) is 6.79. The van der Waals surface area contributed by atoms with E-state index in [9.17, 15) is 9.59 Å². The van der Waals surface area contributed by atoms with Crippen molar-refractivity contribution >= 4 is 18.0 Å². The van der Waals surface area contributed by atoms with E-state index in [1.165, 1.54) is 0 Å². The van der Waals surface area contributed by atoms with Crippen LogP contribution in [0.4, 0.5) is 5.69 Å². The summed E-state index contributed by atoms with van der Waals surface area (Å²) >= 11 is 0. The van der Waals surface area contributed by atoms with Crippen LogP contribution in [0.15, 0.2) is 24.3 Å². The molecule has 0 saturated heterocycles. The first-order valence-corrected chi connectivity index (χ1v) is 4.30. The van der Waals surface area contributed by atoms with E-state index >= 15 is 0 Å². The summed E-state index contributed by atoms with van der Waals surface area (Å²) in [5, 5.41) is 2.53. The second kappa shape index (κ2) is 5.01. The molecule has 0 aromatic heterocycles. The van der Waals surface area contributed by atoms with Crippen molar-refractivity contribution < 1.29 is 9.59 Å². The van der Waals surface area contributed by atoms with Gasteiger partial charge in [0.1, 0.15) is 0 Å². The summed E-state index contributed by atoms with van der Waals surface area (Å²) in [6.07, 6.45) is 1.61. The minimum atomic E-state index is -0.305. The number of carbonyl (C=O) groups excluding carboxylic acids is 2. The van der Waals surface area contributed by atoms with E-state index in [1.54, 1.807) is 12.1 Å². The average molecular weight is 192 g/mol. The van der Waals surface area contributed by atoms with Crippen molar-refractivity contribution in [1.82, 2.24) is 0 Å². The van der Waals surface area contributed by atoms with Gasteiger partial charge in [-0.2, -0.15) is 0 Å². The zero-order valence-corrected chi connectivity index (χ0v) is 7.69. The molecule has 0 atom stereocenters. The molecule has 0 saturated carbocycles. The van der Waals surface area contributed by atoms with E-state index in [0.29, 0.717) is 19.3 Å². The molecule has 0 bridgehead atoms. The molecule has 4 nitrogen and oxygen atoms in total. The molecule has 14 heavy (non-hydrogen) atoms. The molecular formula is C10H12N2O2. The normalized spacial score (nSPS) is 9.43. The van der Waals surface area contributed by atoms with Crippen molar-refractivity contribution in [3.8, 4) is 0 Å². The van der Waals surface area contributed by atoms with E-state index in [-0.39, 0.29) is 5.91 Å². The fourth-order valence-corrected chi connectivity index (χ4v) is 1.10. The SMILES string of the molecule is NC(=O)CCc1ccc(NC=O)cc1. The molecule has 1 aromatic rings. The zero-order valence-electron chi connectivity index (χ0n) is 7.69. The van der Waals surface area contributed by atoms with Crippen molar-refractivity contribution in [2.45, 2.75) is 12.8 Å². The first kappa shape index (κ1) is 10.2. The fraction of sp³-hybridized carbons (Fsp3) is 0.200. The van der Waals surface area contributed by atoms with Gasteiger partial charge in [0.25, 0.3) is 0 Å². The van der Waals surface area contributed by atoms with Gasteiger partial charge in [-0.15, -0.1) is 0 Å². The maximum atomic E-state index is 10.5. The van der Waals surface area contributed by atoms with E-state index in [4.69, 9.17) is 5.73 Å². The molecule has 0 fully saturated rings. The van der Waals surface area contributed by atoms with Crippen molar-refractivity contribution in [3.05, 3.63) is 29.8 Å². The van der Waals surface area contributed by atoms with E-state index in [2.05, 4.69) is 5.32 Å². The van der Waals surface area contributed by atoms with Gasteiger partial charge in [0.15, 0.2) is 0 Å². The number of primary amides is 1. The van der Waals surface area contributed by atoms with E-state index in [0.717, 1.165) is 11.3 Å². The van der Waals surface area contributed by atoms with Crippen LogP contribution in [0, 0.1) is 0 Å². The number of nitrogens with two attached hydrogens (primary N) is 1. The van der Waals surface area contributed by atoms with Crippen LogP contribution in [0.3, 0.4) is 0 Å². The summed E-state index contributed by atoms with van der Waals surface area (Å²) in [5.74, 6) is -0.305. The van der Waals surface area contributed by atoms with Gasteiger partial charge in [-0.3, -0.25) is 9.59 Å². The van der Waals surface area contributed by atoms with Gasteiger partial charge in [0, 0.05) is 12.1 Å². The zero-order chi connectivity index (χ0) is 10.4. The monoisotopic (exact) mass is 192 g/mol. The Labute approximate surface area is 82.1 Å². The molecule has 0 radical (unpaired) electrons. The smallest absolute Gasteiger partial charge is 0.217 e. The van der Waals surface area contributed by atoms with Crippen molar-refractivity contribution in [3.63, 3.8) is 0 Å². The van der Waals surface area contributed by atoms with Gasteiger partial charge >= 0.3 is 0 Å². The number of aryl methyl sites for hydroxylation is 1. The van der Waals surface area contributed by atoms with Crippen LogP contribution in [-0.4, -0.2) is 12.3 Å². The van der Waals surface area contributed by atoms with E-state index in [1.807, 2.05) is 12.1 Å². The third-order valence-electron chi connectivity index (χ3n) is 1.84. The van der Waals surface area contributed by atoms with Gasteiger partial charge in [-0.25, -0.2) is 0 Å². The van der Waals surface area contributed by atoms with Crippen LogP contribution in [0.5, 0.6) is 0 Å². The molecule has 4 heteroatoms. The molecule has 1 aromatic carbocycles. The molecular weight excluding hydrogens is 180 g/mol. The number of amides is 2. The van der Waals surface area contributed by atoms with Crippen molar-refractivity contribution in [2.75, 3.05) is 5.32 Å². The molecule has 0 spiro atoms. The predicted octanol–water partition coefficient (Wildman–Crippen LogP) is 0.673. The number of nitrogens with one attached hydrogen (secondary N) is 1. The Morgan fingerprint density at radius 2 is 2.00 bits per heavy atom. The van der Waals surface area contributed by atoms with Crippen LogP contribution in [-0.2, 0) is 16.0 Å². The molecule has 0 aliphatic carbocycles. The van der Waals surface area contributed by atoms with Crippen LogP contribution >= 0.6 is 0 Å². The summed E-state index contributed by atoms with van der Waals surface area (Å²) < 4.78 is 0. The highest BCUT2D eigenvalue weighted by Crippen LogP contribution is 2.09. The van der Waals surface area contributed by atoms with Crippen LogP contribution in [0.25, 0.3) is 0 Å². The molecule has 0 heterocycles. The number of benzene rings is 1. The van der Waals surface area contributed by atoms with Crippen molar-refractivity contribution in [2.24, 2.45) is 5.73 Å². The Morgan fingerprint density at radius 1 is 1.36 bits per heavy atom. The van der Waals surface area contributed by atoms with Gasteiger partial charge in [-0.1, -0.05) is 12.1 Å². The third kappa shape index (κ3) is 3.26. The Balaban J connectivity index is 2.54. The third-order valence-corrected chi connectivity index (χ3v) is 1.84. The number of hydrogen-bond donors (Lipinski definition) is 2. The molecule has 74 valence electrons. The molecule has 2 amide bonds. The Hall–Kier alpha value is -1.84. The molecule has 3 N–H and O–H groups in total. The second-order valence-electron chi connectivity index (χ2n) is 2.93. The molecule has 0 unspecified atom stereocenters. The molecule has 0 aliphatic rings. The minimum Gasteiger partial charge on any atom is -0.370 e. The Morgan fingerprint density at radius 3 is 2.50 bits per heavy atom. The van der Waals surface area contributed by atoms with Gasteiger partial charge in [0.2, 0.25) is 12.3 Å². The highest BCUT2D eigenvalue weighted by atomic mass is 16.1. The fourth-order valence-electron chi connectivity index (χ4n) is 1.10. The highest BCUT2D eigenvalue weighted by Gasteiger charge is 1.97. The van der Waals surface area contributed by atoms with Gasteiger partial charge in [0.05, 0.1) is 0 Å². The lowest BCUT2D eigenvalue weighted by atomic mass is 10.1. The standard InChI is InChI=1S/C10H12N2O2/c11-10(14)6-3-8-1-4-9(5-2-8)12-7-13/h1-2,4-5,7H,3,6H2,(H2,11,14)(H,12,13). The summed E-state index contributed by atoms with van der Waals surface area (Å²) in [4.78, 5) is 20.6. The lowest BCUT2D eigenvalue weighted by Crippen LogP contribution is -2.11. The minimum absolute atomic E-state index is 0.305. The van der Waals surface area contributed by atoms with Crippen LogP contribution in [0.2, 0.25) is 0 Å². The van der Waals surface area contributed by atoms with Crippen LogP contribution < -0.4 is 11.1 Å². The first-order chi connectivity index (χ1) is 6.72. The predicted molar refractivity (Wildman–Crippen MR) is 53.6 cm³/mol. The molecule has 0 aliphatic heterocycles. The second-order valence-corrected chi connectivity index (χ2v) is 2.93. The quantitative estimate of drug-likeness (QED) is 0.673. The maximum absolute atomic E-state index is 10.5. The number of carbonyl (C=O) groups is 2.